The number of rotatable bonds is 5. The minimum Gasteiger partial charge on any atom is -0.447 e. The van der Waals surface area contributed by atoms with E-state index in [-0.39, 0.29) is 79.3 Å². The van der Waals surface area contributed by atoms with Gasteiger partial charge in [-0.3, -0.25) is 19.2 Å². The fraction of sp³-hybridized carbons (Fsp3) is 0.367. The number of nitrogens with two attached hydrogens (primary N) is 1. The maximum atomic E-state index is 13.5. The van der Waals surface area contributed by atoms with Gasteiger partial charge >= 0.3 is 0 Å². The summed E-state index contributed by atoms with van der Waals surface area (Å²) in [4.78, 5) is 67.7. The minimum absolute atomic E-state index is 0. The molecule has 16 heteroatoms. The molecule has 0 saturated heterocycles. The van der Waals surface area contributed by atoms with Crippen LogP contribution < -0.4 is 21.7 Å². The average Bonchev–Trinajstić information content (AvgIpc) is 3.82. The van der Waals surface area contributed by atoms with E-state index in [0.29, 0.717) is 22.9 Å². The summed E-state index contributed by atoms with van der Waals surface area (Å²) in [6.07, 6.45) is 1.99. The van der Waals surface area contributed by atoms with E-state index < -0.39 is 23.9 Å². The number of hydrogen-bond acceptors (Lipinski definition) is 11. The van der Waals surface area contributed by atoms with E-state index in [1.807, 2.05) is 44.2 Å². The maximum absolute atomic E-state index is 13.5. The monoisotopic (exact) mass is 686 g/mol. The number of fused-ring (bicyclic) bond motifs is 4. The van der Waals surface area contributed by atoms with Crippen molar-refractivity contribution in [2.75, 3.05) is 19.6 Å². The van der Waals surface area contributed by atoms with Crippen LogP contribution in [0.15, 0.2) is 51.8 Å². The fourth-order valence-electron chi connectivity index (χ4n) is 4.76. The summed E-state index contributed by atoms with van der Waals surface area (Å²) in [6, 6.07) is 8.61. The van der Waals surface area contributed by atoms with Gasteiger partial charge in [-0.25, -0.2) is 15.0 Å². The first-order valence-corrected chi connectivity index (χ1v) is 16.2. The molecule has 46 heavy (non-hydrogen) atoms. The smallest absolute Gasteiger partial charge is 0.276 e. The Kier molecular flexibility index (Phi) is 12.0. The van der Waals surface area contributed by atoms with Crippen molar-refractivity contribution in [1.29, 1.82) is 0 Å². The highest BCUT2D eigenvalue weighted by Gasteiger charge is 2.28. The van der Waals surface area contributed by atoms with Gasteiger partial charge in [-0.2, -0.15) is 0 Å². The van der Waals surface area contributed by atoms with Gasteiger partial charge in [0.25, 0.3) is 17.7 Å². The molecule has 1 aliphatic heterocycles. The molecule has 0 fully saturated rings. The van der Waals surface area contributed by atoms with Crippen LogP contribution in [-0.2, 0) is 17.8 Å². The Morgan fingerprint density at radius 1 is 1.02 bits per heavy atom. The third-order valence-electron chi connectivity index (χ3n) is 7.10. The SMILES string of the molecule is CC(C)C1NC(=O)c2csc(n2)[C@H](Cc2ccccc2)NC(=O)CN(C(=O)c2coc(CN)n2)CCCNC(=O)c2csc1n2.Cl. The van der Waals surface area contributed by atoms with Crippen LogP contribution in [0.4, 0.5) is 0 Å². The number of oxazole rings is 1. The van der Waals surface area contributed by atoms with E-state index in [1.54, 1.807) is 10.8 Å². The predicted molar refractivity (Wildman–Crippen MR) is 175 cm³/mol. The largest absolute Gasteiger partial charge is 0.447 e. The van der Waals surface area contributed by atoms with Crippen molar-refractivity contribution in [1.82, 2.24) is 35.8 Å². The summed E-state index contributed by atoms with van der Waals surface area (Å²) < 4.78 is 5.25. The second kappa shape index (κ2) is 15.9. The first-order valence-electron chi connectivity index (χ1n) is 14.5. The topological polar surface area (TPSA) is 185 Å². The number of aromatic nitrogens is 3. The average molecular weight is 687 g/mol. The molecule has 1 aliphatic rings. The Morgan fingerprint density at radius 2 is 1.72 bits per heavy atom. The standard InChI is InChI=1S/C30H34N8O5S2.ClH/c1-17(2)25-29-36-21(15-45-29)26(40)32-9-6-10-38(30(42)20-14-43-24(12-31)34-20)13-23(39)33-19(11-18-7-4-3-5-8-18)28-35-22(16-44-28)27(41)37-25;/h3-5,7-8,14-17,19,25H,6,9-13,31H2,1-2H3,(H,32,40)(H,33,39)(H,37,41);1H/t19-,25?;/m0./s1. The molecule has 4 aromatic rings. The highest BCUT2D eigenvalue weighted by molar-refractivity contribution is 7.10. The molecule has 3 aromatic heterocycles. The number of halogens is 1. The minimum atomic E-state index is -0.567. The number of nitrogens with one attached hydrogen (secondary N) is 3. The molecule has 0 saturated carbocycles. The molecule has 4 amide bonds. The molecule has 5 rings (SSSR count). The summed E-state index contributed by atoms with van der Waals surface area (Å²) in [5, 5.41) is 13.3. The quantitative estimate of drug-likeness (QED) is 0.245. The molecule has 0 radical (unpaired) electrons. The zero-order chi connectivity index (χ0) is 31.9. The summed E-state index contributed by atoms with van der Waals surface area (Å²) in [6.45, 7) is 4.04. The van der Waals surface area contributed by atoms with Gasteiger partial charge in [0.05, 0.1) is 25.2 Å². The molecular weight excluding hydrogens is 652 g/mol. The van der Waals surface area contributed by atoms with Crippen molar-refractivity contribution < 1.29 is 23.6 Å². The molecular formula is C30H35ClN8O5S2. The van der Waals surface area contributed by atoms with Gasteiger partial charge in [-0.1, -0.05) is 44.2 Å². The number of thiazole rings is 2. The van der Waals surface area contributed by atoms with Crippen LogP contribution in [0.25, 0.3) is 0 Å². The molecule has 5 N–H and O–H groups in total. The number of nitrogens with zero attached hydrogens (tertiary/aromatic N) is 4. The molecule has 1 aromatic carbocycles. The van der Waals surface area contributed by atoms with Crippen LogP contribution in [-0.4, -0.2) is 63.1 Å². The Labute approximate surface area is 279 Å². The fourth-order valence-corrected chi connectivity index (χ4v) is 6.63. The third-order valence-corrected chi connectivity index (χ3v) is 8.99. The molecule has 4 bridgehead atoms. The second-order valence-electron chi connectivity index (χ2n) is 10.8. The molecule has 4 heterocycles. The van der Waals surface area contributed by atoms with E-state index in [0.717, 1.165) is 5.56 Å². The number of carbonyl (C=O) groups excluding carboxylic acids is 4. The highest BCUT2D eigenvalue weighted by Crippen LogP contribution is 2.27. The third kappa shape index (κ3) is 8.54. The lowest BCUT2D eigenvalue weighted by Gasteiger charge is -2.23. The van der Waals surface area contributed by atoms with Gasteiger partial charge in [0.1, 0.15) is 27.7 Å². The molecule has 2 atom stereocenters. The summed E-state index contributed by atoms with van der Waals surface area (Å²) in [5.41, 5.74) is 7.02. The number of amides is 4. The van der Waals surface area contributed by atoms with Crippen molar-refractivity contribution in [2.24, 2.45) is 11.7 Å². The lowest BCUT2D eigenvalue weighted by atomic mass is 10.0. The molecule has 1 unspecified atom stereocenters. The van der Waals surface area contributed by atoms with E-state index in [1.165, 1.54) is 33.8 Å². The van der Waals surface area contributed by atoms with Gasteiger partial charge in [-0.05, 0) is 24.3 Å². The van der Waals surface area contributed by atoms with Crippen molar-refractivity contribution >= 4 is 58.7 Å². The summed E-state index contributed by atoms with van der Waals surface area (Å²) in [7, 11) is 0. The van der Waals surface area contributed by atoms with Gasteiger partial charge in [0.2, 0.25) is 11.8 Å². The van der Waals surface area contributed by atoms with Crippen LogP contribution in [0.5, 0.6) is 0 Å². The van der Waals surface area contributed by atoms with Gasteiger partial charge in [-0.15, -0.1) is 35.1 Å². The number of benzene rings is 1. The normalized spacial score (nSPS) is 18.0. The van der Waals surface area contributed by atoms with E-state index >= 15 is 0 Å². The second-order valence-corrected chi connectivity index (χ2v) is 12.6. The zero-order valence-corrected chi connectivity index (χ0v) is 27.7. The van der Waals surface area contributed by atoms with Crippen LogP contribution in [0.3, 0.4) is 0 Å². The van der Waals surface area contributed by atoms with E-state index in [2.05, 4.69) is 30.9 Å². The zero-order valence-electron chi connectivity index (χ0n) is 25.2. The van der Waals surface area contributed by atoms with Gasteiger partial charge in [0, 0.05) is 23.8 Å². The van der Waals surface area contributed by atoms with Crippen LogP contribution >= 0.6 is 35.1 Å². The lowest BCUT2D eigenvalue weighted by Crippen LogP contribution is -2.43. The lowest BCUT2D eigenvalue weighted by molar-refractivity contribution is -0.122. The van der Waals surface area contributed by atoms with E-state index in [4.69, 9.17) is 10.2 Å². The van der Waals surface area contributed by atoms with Crippen molar-refractivity contribution in [3.8, 4) is 0 Å². The number of carbonyl (C=O) groups is 4. The summed E-state index contributed by atoms with van der Waals surface area (Å²) >= 11 is 2.56. The molecule has 0 spiro atoms. The molecule has 244 valence electrons. The maximum Gasteiger partial charge on any atom is 0.276 e. The predicted octanol–water partition coefficient (Wildman–Crippen LogP) is 3.27. The summed E-state index contributed by atoms with van der Waals surface area (Å²) in [5.74, 6) is -1.52. The van der Waals surface area contributed by atoms with Crippen LogP contribution in [0.1, 0.15) is 85.3 Å². The Hall–Kier alpha value is -4.18. The Morgan fingerprint density at radius 3 is 2.41 bits per heavy atom. The number of hydrogen-bond donors (Lipinski definition) is 4. The first kappa shape index (κ1) is 34.7. The molecule has 13 nitrogen and oxygen atoms in total. The van der Waals surface area contributed by atoms with Crippen molar-refractivity contribution in [3.05, 3.63) is 85.9 Å². The Bertz CT molecular complexity index is 1660. The Balaban J connectivity index is 0.00000480. The van der Waals surface area contributed by atoms with Gasteiger partial charge < -0.3 is 31.0 Å². The molecule has 0 aliphatic carbocycles. The van der Waals surface area contributed by atoms with Gasteiger partial charge in [0.15, 0.2) is 5.69 Å². The van der Waals surface area contributed by atoms with Crippen molar-refractivity contribution in [2.45, 2.75) is 45.3 Å². The first-order chi connectivity index (χ1) is 21.7. The highest BCUT2D eigenvalue weighted by atomic mass is 35.5. The van der Waals surface area contributed by atoms with Crippen LogP contribution in [0, 0.1) is 5.92 Å². The van der Waals surface area contributed by atoms with Crippen LogP contribution in [0.2, 0.25) is 0 Å². The van der Waals surface area contributed by atoms with Crippen molar-refractivity contribution in [3.63, 3.8) is 0 Å². The van der Waals surface area contributed by atoms with E-state index in [9.17, 15) is 19.2 Å².